The van der Waals surface area contributed by atoms with Crippen LogP contribution in [0.2, 0.25) is 0 Å². The molecule has 0 radical (unpaired) electrons. The van der Waals surface area contributed by atoms with E-state index >= 15 is 0 Å². The van der Waals surface area contributed by atoms with Crippen molar-refractivity contribution >= 4 is 23.0 Å². The number of hydrogen-bond donors (Lipinski definition) is 1. The van der Waals surface area contributed by atoms with Crippen molar-refractivity contribution < 1.29 is 4.74 Å². The monoisotopic (exact) mass is 483 g/mol. The van der Waals surface area contributed by atoms with Crippen LogP contribution >= 0.6 is 12.2 Å². The first kappa shape index (κ1) is 24.6. The van der Waals surface area contributed by atoms with Gasteiger partial charge in [0.05, 0.1) is 18.8 Å². The molecule has 0 saturated carbocycles. The summed E-state index contributed by atoms with van der Waals surface area (Å²) in [4.78, 5) is 2.21. The Morgan fingerprint density at radius 1 is 0.914 bits per heavy atom. The Balaban J connectivity index is 1.57. The third-order valence-electron chi connectivity index (χ3n) is 6.05. The Morgan fingerprint density at radius 2 is 1.69 bits per heavy atom. The first-order valence-electron chi connectivity index (χ1n) is 12.1. The van der Waals surface area contributed by atoms with Crippen LogP contribution in [0.15, 0.2) is 91.1 Å². The molecule has 1 N–H and O–H groups in total. The lowest BCUT2D eigenvalue weighted by atomic mass is 10.1. The Morgan fingerprint density at radius 3 is 2.46 bits per heavy atom. The molecular weight excluding hydrogens is 450 g/mol. The zero-order valence-corrected chi connectivity index (χ0v) is 21.5. The second-order valence-electron chi connectivity index (χ2n) is 8.76. The van der Waals surface area contributed by atoms with Gasteiger partial charge in [-0.3, -0.25) is 0 Å². The van der Waals surface area contributed by atoms with Crippen molar-refractivity contribution in [2.24, 2.45) is 0 Å². The van der Waals surface area contributed by atoms with Crippen LogP contribution in [0.4, 0.5) is 5.69 Å². The van der Waals surface area contributed by atoms with Crippen LogP contribution in [0.25, 0.3) is 0 Å². The van der Waals surface area contributed by atoms with E-state index in [0.29, 0.717) is 24.8 Å². The van der Waals surface area contributed by atoms with Crippen LogP contribution in [0.5, 0.6) is 5.75 Å². The third kappa shape index (κ3) is 6.52. The van der Waals surface area contributed by atoms with Gasteiger partial charge in [0.25, 0.3) is 0 Å². The summed E-state index contributed by atoms with van der Waals surface area (Å²) in [6.45, 7) is 9.14. The Bertz CT molecular complexity index is 1270. The topological polar surface area (TPSA) is 29.4 Å². The molecule has 0 saturated heterocycles. The van der Waals surface area contributed by atoms with Gasteiger partial charge in [-0.1, -0.05) is 66.2 Å². The minimum absolute atomic E-state index is 0.602. The minimum Gasteiger partial charge on any atom is -0.492 e. The van der Waals surface area contributed by atoms with E-state index in [1.807, 2.05) is 37.3 Å². The fourth-order valence-corrected chi connectivity index (χ4v) is 4.44. The molecule has 5 heteroatoms. The lowest BCUT2D eigenvalue weighted by molar-refractivity contribution is 0.341. The molecule has 0 amide bonds. The van der Waals surface area contributed by atoms with Crippen LogP contribution in [0.3, 0.4) is 0 Å². The molecule has 0 aliphatic rings. The Hall–Kier alpha value is -3.57. The van der Waals surface area contributed by atoms with Crippen molar-refractivity contribution in [3.63, 3.8) is 0 Å². The van der Waals surface area contributed by atoms with E-state index in [9.17, 15) is 0 Å². The van der Waals surface area contributed by atoms with E-state index in [0.717, 1.165) is 18.0 Å². The van der Waals surface area contributed by atoms with E-state index in [-0.39, 0.29) is 0 Å². The van der Waals surface area contributed by atoms with E-state index in [1.165, 1.54) is 27.9 Å². The highest BCUT2D eigenvalue weighted by Crippen LogP contribution is 2.25. The van der Waals surface area contributed by atoms with Crippen LogP contribution < -0.4 is 10.1 Å². The first-order valence-corrected chi connectivity index (χ1v) is 12.5. The number of anilines is 1. The van der Waals surface area contributed by atoms with Gasteiger partial charge < -0.3 is 19.5 Å². The normalized spacial score (nSPS) is 10.7. The molecule has 0 spiro atoms. The smallest absolute Gasteiger partial charge is 0.174 e. The summed E-state index contributed by atoms with van der Waals surface area (Å²) < 4.78 is 8.11. The van der Waals surface area contributed by atoms with Crippen molar-refractivity contribution in [1.29, 1.82) is 0 Å². The molecule has 0 atom stereocenters. The standard InChI is InChI=1S/C30H33N3OS/c1-4-34-29-15-9-8-14-28(29)31-30(35)33(20-25-11-6-5-7-12-25)22-27-13-10-18-32(27)21-26-17-16-23(2)19-24(26)3/h5-19H,4,20-22H2,1-3H3,(H,31,35). The zero-order valence-electron chi connectivity index (χ0n) is 20.7. The molecule has 4 aromatic rings. The molecule has 1 aromatic heterocycles. The van der Waals surface area contributed by atoms with E-state index in [4.69, 9.17) is 17.0 Å². The molecule has 0 unspecified atom stereocenters. The summed E-state index contributed by atoms with van der Waals surface area (Å²) >= 11 is 5.93. The minimum atomic E-state index is 0.602. The van der Waals surface area contributed by atoms with Crippen molar-refractivity contribution in [3.05, 3.63) is 119 Å². The Kier molecular flexibility index (Phi) is 8.22. The molecule has 4 nitrogen and oxygen atoms in total. The van der Waals surface area contributed by atoms with Gasteiger partial charge in [-0.05, 0) is 73.9 Å². The molecule has 0 bridgehead atoms. The van der Waals surface area contributed by atoms with Crippen molar-refractivity contribution in [2.45, 2.75) is 40.4 Å². The summed E-state index contributed by atoms with van der Waals surface area (Å²) in [6.07, 6.45) is 2.15. The second-order valence-corrected chi connectivity index (χ2v) is 9.15. The average Bonchev–Trinajstić information content (AvgIpc) is 3.29. The van der Waals surface area contributed by atoms with Gasteiger partial charge in [0.1, 0.15) is 5.75 Å². The van der Waals surface area contributed by atoms with Crippen LogP contribution in [0, 0.1) is 13.8 Å². The summed E-state index contributed by atoms with van der Waals surface area (Å²) in [6, 6.07) is 29.3. The molecule has 3 aromatic carbocycles. The van der Waals surface area contributed by atoms with Crippen LogP contribution in [-0.2, 0) is 19.6 Å². The summed E-state index contributed by atoms with van der Waals surface area (Å²) in [7, 11) is 0. The zero-order chi connectivity index (χ0) is 24.6. The second kappa shape index (κ2) is 11.7. The third-order valence-corrected chi connectivity index (χ3v) is 6.41. The SMILES string of the molecule is CCOc1ccccc1NC(=S)N(Cc1ccccc1)Cc1cccn1Cc1ccc(C)cc1C. The summed E-state index contributed by atoms with van der Waals surface area (Å²) in [5.41, 5.74) is 7.23. The fraction of sp³-hybridized carbons (Fsp3) is 0.233. The van der Waals surface area contributed by atoms with E-state index < -0.39 is 0 Å². The van der Waals surface area contributed by atoms with Gasteiger partial charge in [0.15, 0.2) is 5.11 Å². The molecule has 4 rings (SSSR count). The highest BCUT2D eigenvalue weighted by Gasteiger charge is 2.16. The highest BCUT2D eigenvalue weighted by atomic mass is 32.1. The molecule has 0 fully saturated rings. The number of ether oxygens (including phenoxy) is 1. The number of aromatic nitrogens is 1. The maximum atomic E-state index is 5.93. The average molecular weight is 484 g/mol. The van der Waals surface area contributed by atoms with Crippen LogP contribution in [0.1, 0.15) is 34.9 Å². The quantitative estimate of drug-likeness (QED) is 0.261. The van der Waals surface area contributed by atoms with Gasteiger partial charge in [-0.25, -0.2) is 0 Å². The van der Waals surface area contributed by atoms with E-state index in [2.05, 4.69) is 89.4 Å². The van der Waals surface area contributed by atoms with Gasteiger partial charge >= 0.3 is 0 Å². The van der Waals surface area contributed by atoms with Crippen molar-refractivity contribution in [3.8, 4) is 5.75 Å². The summed E-state index contributed by atoms with van der Waals surface area (Å²) in [5.74, 6) is 0.801. The number of rotatable bonds is 9. The van der Waals surface area contributed by atoms with Gasteiger partial charge in [-0.15, -0.1) is 0 Å². The largest absolute Gasteiger partial charge is 0.492 e. The Labute approximate surface area is 214 Å². The predicted molar refractivity (Wildman–Crippen MR) is 149 cm³/mol. The number of thiocarbonyl (C=S) groups is 1. The van der Waals surface area contributed by atoms with Gasteiger partial charge in [-0.2, -0.15) is 0 Å². The molecule has 180 valence electrons. The predicted octanol–water partition coefficient (Wildman–Crippen LogP) is 6.95. The van der Waals surface area contributed by atoms with Crippen molar-refractivity contribution in [2.75, 3.05) is 11.9 Å². The number of hydrogen-bond acceptors (Lipinski definition) is 2. The van der Waals surface area contributed by atoms with Gasteiger partial charge in [0.2, 0.25) is 0 Å². The fourth-order valence-electron chi connectivity index (χ4n) is 4.20. The number of nitrogens with one attached hydrogen (secondary N) is 1. The summed E-state index contributed by atoms with van der Waals surface area (Å²) in [5, 5.41) is 4.10. The maximum absolute atomic E-state index is 5.93. The lowest BCUT2D eigenvalue weighted by Gasteiger charge is -2.27. The van der Waals surface area contributed by atoms with E-state index in [1.54, 1.807) is 0 Å². The molecular formula is C30H33N3OS. The molecule has 0 aliphatic carbocycles. The number of aryl methyl sites for hydroxylation is 2. The number of nitrogens with zero attached hydrogens (tertiary/aromatic N) is 2. The maximum Gasteiger partial charge on any atom is 0.174 e. The molecule has 35 heavy (non-hydrogen) atoms. The van der Waals surface area contributed by atoms with Crippen molar-refractivity contribution in [1.82, 2.24) is 9.47 Å². The lowest BCUT2D eigenvalue weighted by Crippen LogP contribution is -2.34. The number of benzene rings is 3. The molecule has 0 aliphatic heterocycles. The molecule has 1 heterocycles. The first-order chi connectivity index (χ1) is 17.0. The number of para-hydroxylation sites is 2. The van der Waals surface area contributed by atoms with Gasteiger partial charge in [0, 0.05) is 25.0 Å². The highest BCUT2D eigenvalue weighted by molar-refractivity contribution is 7.80. The van der Waals surface area contributed by atoms with Crippen LogP contribution in [-0.4, -0.2) is 21.2 Å².